The van der Waals surface area contributed by atoms with Gasteiger partial charge in [-0.3, -0.25) is 0 Å². The first-order valence-corrected chi connectivity index (χ1v) is 9.50. The molecule has 1 aliphatic rings. The summed E-state index contributed by atoms with van der Waals surface area (Å²) in [5.41, 5.74) is 2.41. The molecule has 1 N–H and O–H groups in total. The lowest BCUT2D eigenvalue weighted by molar-refractivity contribution is 0.405. The number of anilines is 1. The summed E-state index contributed by atoms with van der Waals surface area (Å²) < 4.78 is 1.87. The highest BCUT2D eigenvalue weighted by Crippen LogP contribution is 2.43. The van der Waals surface area contributed by atoms with Gasteiger partial charge in [0, 0.05) is 11.4 Å². The SMILES string of the molecule is C[C@@H]1CCCc2sc3nc(NCCCN(C)C)n4ncnc4c3c21. The van der Waals surface area contributed by atoms with Gasteiger partial charge < -0.3 is 10.2 Å². The molecule has 0 saturated heterocycles. The first kappa shape index (κ1) is 15.8. The number of nitrogens with one attached hydrogen (secondary N) is 1. The molecule has 24 heavy (non-hydrogen) atoms. The van der Waals surface area contributed by atoms with Crippen LogP contribution in [0.2, 0.25) is 0 Å². The van der Waals surface area contributed by atoms with E-state index in [4.69, 9.17) is 4.98 Å². The average Bonchev–Trinajstić information content (AvgIpc) is 3.15. The fourth-order valence-electron chi connectivity index (χ4n) is 3.61. The molecule has 0 saturated carbocycles. The predicted molar refractivity (Wildman–Crippen MR) is 99.2 cm³/mol. The van der Waals surface area contributed by atoms with Crippen molar-refractivity contribution in [2.24, 2.45) is 0 Å². The molecule has 3 aromatic heterocycles. The van der Waals surface area contributed by atoms with Gasteiger partial charge in [-0.15, -0.1) is 11.3 Å². The predicted octanol–water partition coefficient (Wildman–Crippen LogP) is 3.14. The van der Waals surface area contributed by atoms with Gasteiger partial charge in [0.2, 0.25) is 5.95 Å². The molecule has 128 valence electrons. The van der Waals surface area contributed by atoms with Crippen LogP contribution in [0.25, 0.3) is 15.9 Å². The molecule has 3 aromatic rings. The Morgan fingerprint density at radius 1 is 1.42 bits per heavy atom. The van der Waals surface area contributed by atoms with Crippen LogP contribution >= 0.6 is 11.3 Å². The Labute approximate surface area is 145 Å². The molecule has 0 aromatic carbocycles. The summed E-state index contributed by atoms with van der Waals surface area (Å²) in [6.45, 7) is 4.26. The van der Waals surface area contributed by atoms with Crippen LogP contribution in [-0.4, -0.2) is 51.7 Å². The molecule has 0 spiro atoms. The molecule has 1 aliphatic carbocycles. The van der Waals surface area contributed by atoms with E-state index >= 15 is 0 Å². The first-order valence-electron chi connectivity index (χ1n) is 8.68. The van der Waals surface area contributed by atoms with E-state index in [0.29, 0.717) is 5.92 Å². The lowest BCUT2D eigenvalue weighted by atomic mass is 9.87. The molecule has 0 unspecified atom stereocenters. The van der Waals surface area contributed by atoms with Crippen molar-refractivity contribution in [3.63, 3.8) is 0 Å². The largest absolute Gasteiger partial charge is 0.354 e. The molecule has 1 atom stereocenters. The summed E-state index contributed by atoms with van der Waals surface area (Å²) >= 11 is 1.84. The van der Waals surface area contributed by atoms with E-state index in [1.165, 1.54) is 35.1 Å². The smallest absolute Gasteiger partial charge is 0.227 e. The topological polar surface area (TPSA) is 58.4 Å². The number of hydrogen-bond donors (Lipinski definition) is 1. The van der Waals surface area contributed by atoms with Crippen LogP contribution in [0.4, 0.5) is 5.95 Å². The highest BCUT2D eigenvalue weighted by Gasteiger charge is 2.25. The van der Waals surface area contributed by atoms with E-state index in [1.807, 2.05) is 15.9 Å². The summed E-state index contributed by atoms with van der Waals surface area (Å²) in [7, 11) is 4.19. The standard InChI is InChI=1S/C17H24N6S/c1-11-6-4-7-12-13(11)14-15-19-10-20-23(15)17(21-16(14)24-12)18-8-5-9-22(2)3/h10-11H,4-9H2,1-3H3,(H,18,21)/t11-/m1/s1. The first-order chi connectivity index (χ1) is 11.6. The van der Waals surface area contributed by atoms with Gasteiger partial charge in [0.1, 0.15) is 11.2 Å². The van der Waals surface area contributed by atoms with E-state index in [2.05, 4.69) is 41.3 Å². The van der Waals surface area contributed by atoms with Crippen LogP contribution in [0, 0.1) is 0 Å². The van der Waals surface area contributed by atoms with Crippen molar-refractivity contribution < 1.29 is 0 Å². The maximum absolute atomic E-state index is 4.89. The van der Waals surface area contributed by atoms with Crippen LogP contribution < -0.4 is 5.32 Å². The van der Waals surface area contributed by atoms with Gasteiger partial charge in [-0.1, -0.05) is 6.92 Å². The van der Waals surface area contributed by atoms with Gasteiger partial charge in [-0.25, -0.2) is 9.97 Å². The summed E-state index contributed by atoms with van der Waals surface area (Å²) in [6.07, 6.45) is 6.41. The van der Waals surface area contributed by atoms with Crippen molar-refractivity contribution in [2.45, 2.75) is 38.5 Å². The third-order valence-electron chi connectivity index (χ3n) is 4.78. The second-order valence-corrected chi connectivity index (χ2v) is 8.01. The number of rotatable bonds is 5. The normalized spacial score (nSPS) is 17.8. The lowest BCUT2D eigenvalue weighted by Crippen LogP contribution is -2.17. The number of aromatic nitrogens is 4. The van der Waals surface area contributed by atoms with Crippen molar-refractivity contribution in [3.8, 4) is 0 Å². The molecular weight excluding hydrogens is 320 g/mol. The number of fused-ring (bicyclic) bond motifs is 5. The molecule has 0 amide bonds. The summed E-state index contributed by atoms with van der Waals surface area (Å²) in [5, 5.41) is 9.07. The minimum absolute atomic E-state index is 0.587. The zero-order chi connectivity index (χ0) is 16.7. The Balaban J connectivity index is 1.74. The van der Waals surface area contributed by atoms with E-state index in [-0.39, 0.29) is 0 Å². The number of hydrogen-bond acceptors (Lipinski definition) is 6. The van der Waals surface area contributed by atoms with Crippen LogP contribution in [0.5, 0.6) is 0 Å². The van der Waals surface area contributed by atoms with Crippen molar-refractivity contribution in [1.29, 1.82) is 0 Å². The van der Waals surface area contributed by atoms with Gasteiger partial charge in [0.25, 0.3) is 0 Å². The Hall–Kier alpha value is -1.73. The zero-order valence-electron chi connectivity index (χ0n) is 14.5. The fraction of sp³-hybridized carbons (Fsp3) is 0.588. The van der Waals surface area contributed by atoms with Crippen molar-refractivity contribution in [3.05, 3.63) is 16.8 Å². The monoisotopic (exact) mass is 344 g/mol. The third-order valence-corrected chi connectivity index (χ3v) is 5.94. The van der Waals surface area contributed by atoms with Gasteiger partial charge in [0.15, 0.2) is 5.65 Å². The van der Waals surface area contributed by atoms with E-state index in [0.717, 1.165) is 35.9 Å². The van der Waals surface area contributed by atoms with Crippen molar-refractivity contribution in [1.82, 2.24) is 24.5 Å². The van der Waals surface area contributed by atoms with Crippen LogP contribution in [0.15, 0.2) is 6.33 Å². The molecule has 0 bridgehead atoms. The van der Waals surface area contributed by atoms with Crippen LogP contribution in [0.1, 0.15) is 42.5 Å². The zero-order valence-corrected chi connectivity index (χ0v) is 15.4. The fourth-order valence-corrected chi connectivity index (χ4v) is 4.94. The van der Waals surface area contributed by atoms with Gasteiger partial charge in [-0.2, -0.15) is 9.61 Å². The third kappa shape index (κ3) is 2.65. The minimum atomic E-state index is 0.587. The summed E-state index contributed by atoms with van der Waals surface area (Å²) in [4.78, 5) is 14.2. The van der Waals surface area contributed by atoms with Crippen molar-refractivity contribution >= 4 is 33.1 Å². The molecule has 7 heteroatoms. The Morgan fingerprint density at radius 2 is 2.29 bits per heavy atom. The van der Waals surface area contributed by atoms with E-state index in [9.17, 15) is 0 Å². The molecule has 0 aliphatic heterocycles. The van der Waals surface area contributed by atoms with E-state index in [1.54, 1.807) is 6.33 Å². The molecule has 4 rings (SSSR count). The van der Waals surface area contributed by atoms with E-state index < -0.39 is 0 Å². The second-order valence-electron chi connectivity index (χ2n) is 6.93. The maximum atomic E-state index is 4.89. The number of thiophene rings is 1. The molecule has 0 radical (unpaired) electrons. The molecule has 6 nitrogen and oxygen atoms in total. The van der Waals surface area contributed by atoms with Crippen LogP contribution in [-0.2, 0) is 6.42 Å². The van der Waals surface area contributed by atoms with Gasteiger partial charge in [0.05, 0.1) is 5.39 Å². The molecule has 0 fully saturated rings. The van der Waals surface area contributed by atoms with Gasteiger partial charge in [-0.05, 0) is 57.8 Å². The highest BCUT2D eigenvalue weighted by atomic mass is 32.1. The quantitative estimate of drug-likeness (QED) is 0.721. The average molecular weight is 344 g/mol. The Morgan fingerprint density at radius 3 is 3.12 bits per heavy atom. The number of aryl methyl sites for hydroxylation is 1. The second kappa shape index (κ2) is 6.29. The molecule has 3 heterocycles. The molecular formula is C17H24N6S. The summed E-state index contributed by atoms with van der Waals surface area (Å²) in [6, 6.07) is 0. The van der Waals surface area contributed by atoms with Crippen LogP contribution in [0.3, 0.4) is 0 Å². The number of nitrogens with zero attached hydrogens (tertiary/aromatic N) is 5. The van der Waals surface area contributed by atoms with Gasteiger partial charge >= 0.3 is 0 Å². The van der Waals surface area contributed by atoms with Crippen molar-refractivity contribution in [2.75, 3.05) is 32.5 Å². The highest BCUT2D eigenvalue weighted by molar-refractivity contribution is 7.19. The summed E-state index contributed by atoms with van der Waals surface area (Å²) in [5.74, 6) is 1.39. The maximum Gasteiger partial charge on any atom is 0.227 e. The Bertz CT molecular complexity index is 865. The minimum Gasteiger partial charge on any atom is -0.354 e. The Kier molecular flexibility index (Phi) is 4.14. The lowest BCUT2D eigenvalue weighted by Gasteiger charge is -2.18.